The van der Waals surface area contributed by atoms with Crippen molar-refractivity contribution in [1.82, 2.24) is 19.9 Å². The van der Waals surface area contributed by atoms with Crippen LogP contribution in [0.15, 0.2) is 58.1 Å². The monoisotopic (exact) mass is 454 g/mol. The van der Waals surface area contributed by atoms with E-state index in [0.29, 0.717) is 22.2 Å². The smallest absolute Gasteiger partial charge is 0.264 e. The predicted octanol–water partition coefficient (Wildman–Crippen LogP) is 3.69. The van der Waals surface area contributed by atoms with E-state index in [0.717, 1.165) is 5.56 Å². The number of benzene rings is 2. The first kappa shape index (κ1) is 21.4. The second-order valence-corrected chi connectivity index (χ2v) is 7.40. The van der Waals surface area contributed by atoms with Crippen LogP contribution in [0.25, 0.3) is 22.8 Å². The summed E-state index contributed by atoms with van der Waals surface area (Å²) >= 11 is 1.32. The van der Waals surface area contributed by atoms with Gasteiger partial charge in [0.05, 0.1) is 12.8 Å². The fourth-order valence-corrected chi connectivity index (χ4v) is 3.56. The molecular weight excluding hydrogens is 435 g/mol. The van der Waals surface area contributed by atoms with Crippen LogP contribution in [0, 0.1) is 5.82 Å². The summed E-state index contributed by atoms with van der Waals surface area (Å²) in [7, 11) is 1.59. The van der Waals surface area contributed by atoms with E-state index in [4.69, 9.17) is 15.0 Å². The first-order valence-corrected chi connectivity index (χ1v) is 10.7. The lowest BCUT2D eigenvalue weighted by Gasteiger charge is -2.07. The number of amides is 1. The summed E-state index contributed by atoms with van der Waals surface area (Å²) in [5.74, 6) is 0.437. The van der Waals surface area contributed by atoms with Gasteiger partial charge in [-0.25, -0.2) is 9.07 Å². The normalized spacial score (nSPS) is 10.8. The molecule has 2 aromatic heterocycles. The third-order valence-corrected chi connectivity index (χ3v) is 5.25. The van der Waals surface area contributed by atoms with Crippen LogP contribution < -0.4 is 15.8 Å². The maximum absolute atomic E-state index is 13.8. The van der Waals surface area contributed by atoms with E-state index < -0.39 is 11.7 Å². The van der Waals surface area contributed by atoms with Gasteiger partial charge in [0.15, 0.2) is 0 Å². The summed E-state index contributed by atoms with van der Waals surface area (Å²) in [4.78, 5) is 16.8. The number of nitrogens with two attached hydrogens (primary N) is 1. The fraction of sp³-hybridized carbons (Fsp3) is 0.143. The first-order valence-electron chi connectivity index (χ1n) is 9.43. The number of rotatable bonds is 7. The van der Waals surface area contributed by atoms with E-state index in [1.54, 1.807) is 25.3 Å². The lowest BCUT2D eigenvalue weighted by molar-refractivity contribution is -0.116. The number of nitrogens with one attached hydrogen (secondary N) is 1. The number of hydrogen-bond donors (Lipinski definition) is 2. The Hall–Kier alpha value is -3.86. The Bertz CT molecular complexity index is 1250. The zero-order valence-electron chi connectivity index (χ0n) is 17.2. The number of halogens is 1. The molecule has 0 bridgehead atoms. The largest absolute Gasteiger partial charge is 0.497 e. The molecule has 2 aromatic carbocycles. The molecule has 3 N–H and O–H groups in total. The SMILES string of the molecule is COc1ccc(-c2noc(-c3c(SC)nn(CC(=O)Nc4ccccc4F)c3N)n2)cc1. The van der Waals surface area contributed by atoms with Crippen molar-refractivity contribution in [3.8, 4) is 28.6 Å². The highest BCUT2D eigenvalue weighted by molar-refractivity contribution is 7.98. The van der Waals surface area contributed by atoms with Crippen LogP contribution in [0.5, 0.6) is 5.75 Å². The average Bonchev–Trinajstić information content (AvgIpc) is 3.40. The number of nitrogens with zero attached hydrogens (tertiary/aromatic N) is 4. The highest BCUT2D eigenvalue weighted by Gasteiger charge is 2.24. The maximum Gasteiger partial charge on any atom is 0.264 e. The third-order valence-electron chi connectivity index (χ3n) is 4.58. The molecule has 32 heavy (non-hydrogen) atoms. The molecule has 0 saturated heterocycles. The standard InChI is InChI=1S/C21H19FN6O3S/c1-30-13-9-7-12(8-10-13)19-25-20(31-27-19)17-18(23)28(26-21(17)32-2)11-16(29)24-15-6-4-3-5-14(15)22/h3-10H,11,23H2,1-2H3,(H,24,29). The summed E-state index contributed by atoms with van der Waals surface area (Å²) in [6, 6.07) is 13.1. The third kappa shape index (κ3) is 4.28. The van der Waals surface area contributed by atoms with Crippen LogP contribution in [0.3, 0.4) is 0 Å². The van der Waals surface area contributed by atoms with Crippen molar-refractivity contribution in [1.29, 1.82) is 0 Å². The molecule has 0 unspecified atom stereocenters. The number of para-hydroxylation sites is 1. The van der Waals surface area contributed by atoms with Crippen LogP contribution in [-0.2, 0) is 11.3 Å². The number of hydrogen-bond acceptors (Lipinski definition) is 8. The molecule has 0 spiro atoms. The van der Waals surface area contributed by atoms with E-state index in [1.165, 1.54) is 34.6 Å². The molecule has 2 heterocycles. The van der Waals surface area contributed by atoms with Gasteiger partial charge in [-0.15, -0.1) is 11.8 Å². The minimum absolute atomic E-state index is 0.0783. The molecule has 0 saturated carbocycles. The number of ether oxygens (including phenoxy) is 1. The lowest BCUT2D eigenvalue weighted by Crippen LogP contribution is -2.21. The molecule has 1 amide bonds. The Balaban J connectivity index is 1.58. The molecule has 0 atom stereocenters. The molecule has 0 aliphatic carbocycles. The van der Waals surface area contributed by atoms with Gasteiger partial charge in [-0.05, 0) is 42.7 Å². The highest BCUT2D eigenvalue weighted by Crippen LogP contribution is 2.35. The van der Waals surface area contributed by atoms with E-state index >= 15 is 0 Å². The van der Waals surface area contributed by atoms with Crippen molar-refractivity contribution < 1.29 is 18.4 Å². The van der Waals surface area contributed by atoms with Crippen LogP contribution in [-0.4, -0.2) is 39.2 Å². The molecule has 4 rings (SSSR count). The topological polar surface area (TPSA) is 121 Å². The van der Waals surface area contributed by atoms with E-state index in [2.05, 4.69) is 20.6 Å². The van der Waals surface area contributed by atoms with Crippen molar-refractivity contribution in [3.05, 3.63) is 54.3 Å². The van der Waals surface area contributed by atoms with E-state index in [1.807, 2.05) is 18.4 Å². The fourth-order valence-electron chi connectivity index (χ4n) is 2.99. The lowest BCUT2D eigenvalue weighted by atomic mass is 10.2. The molecule has 0 aliphatic rings. The van der Waals surface area contributed by atoms with E-state index in [-0.39, 0.29) is 23.9 Å². The highest BCUT2D eigenvalue weighted by atomic mass is 32.2. The van der Waals surface area contributed by atoms with Gasteiger partial charge in [0.25, 0.3) is 5.89 Å². The molecule has 0 fully saturated rings. The Morgan fingerprint density at radius 2 is 2.00 bits per heavy atom. The van der Waals surface area contributed by atoms with Crippen molar-refractivity contribution in [2.45, 2.75) is 11.6 Å². The van der Waals surface area contributed by atoms with Crippen LogP contribution in [0.1, 0.15) is 0 Å². The van der Waals surface area contributed by atoms with Crippen LogP contribution in [0.2, 0.25) is 0 Å². The molecule has 4 aromatic rings. The Morgan fingerprint density at radius 3 is 2.69 bits per heavy atom. The van der Waals surface area contributed by atoms with Gasteiger partial charge in [0, 0.05) is 5.56 Å². The van der Waals surface area contributed by atoms with E-state index in [9.17, 15) is 9.18 Å². The van der Waals surface area contributed by atoms with Gasteiger partial charge < -0.3 is 20.3 Å². The summed E-state index contributed by atoms with van der Waals surface area (Å²) in [5, 5.41) is 11.4. The minimum Gasteiger partial charge on any atom is -0.497 e. The van der Waals surface area contributed by atoms with Gasteiger partial charge in [-0.3, -0.25) is 4.79 Å². The summed E-state index contributed by atoms with van der Waals surface area (Å²) in [6.45, 7) is -0.215. The number of nitrogen functional groups attached to an aromatic ring is 1. The zero-order valence-corrected chi connectivity index (χ0v) is 18.0. The number of carbonyl (C=O) groups excluding carboxylic acids is 1. The van der Waals surface area contributed by atoms with Crippen LogP contribution >= 0.6 is 11.8 Å². The second-order valence-electron chi connectivity index (χ2n) is 6.61. The number of carbonyl (C=O) groups is 1. The number of methoxy groups -OCH3 is 1. The number of thioether (sulfide) groups is 1. The molecule has 9 nitrogen and oxygen atoms in total. The summed E-state index contributed by atoms with van der Waals surface area (Å²) in [5.41, 5.74) is 7.51. The van der Waals surface area contributed by atoms with Crippen molar-refractivity contribution in [2.75, 3.05) is 24.4 Å². The van der Waals surface area contributed by atoms with Gasteiger partial charge in [0.1, 0.15) is 34.5 Å². The number of aromatic nitrogens is 4. The molecule has 0 radical (unpaired) electrons. The van der Waals surface area contributed by atoms with Gasteiger partial charge in [-0.2, -0.15) is 10.1 Å². The first-order chi connectivity index (χ1) is 15.5. The summed E-state index contributed by atoms with van der Waals surface area (Å²) < 4.78 is 25.7. The van der Waals surface area contributed by atoms with Crippen molar-refractivity contribution in [2.24, 2.45) is 0 Å². The quantitative estimate of drug-likeness (QED) is 0.406. The van der Waals surface area contributed by atoms with Crippen LogP contribution in [0.4, 0.5) is 15.9 Å². The van der Waals surface area contributed by atoms with Gasteiger partial charge in [-0.1, -0.05) is 17.3 Å². The predicted molar refractivity (Wildman–Crippen MR) is 119 cm³/mol. The molecule has 164 valence electrons. The Kier molecular flexibility index (Phi) is 6.08. The Morgan fingerprint density at radius 1 is 1.25 bits per heavy atom. The maximum atomic E-state index is 13.8. The number of anilines is 2. The van der Waals surface area contributed by atoms with Gasteiger partial charge in [0.2, 0.25) is 11.7 Å². The average molecular weight is 454 g/mol. The summed E-state index contributed by atoms with van der Waals surface area (Å²) in [6.07, 6.45) is 1.82. The second kappa shape index (κ2) is 9.10. The molecule has 0 aliphatic heterocycles. The molecular formula is C21H19FN6O3S. The van der Waals surface area contributed by atoms with Gasteiger partial charge >= 0.3 is 0 Å². The minimum atomic E-state index is -0.531. The van der Waals surface area contributed by atoms with Crippen molar-refractivity contribution >= 4 is 29.2 Å². The molecule has 11 heteroatoms. The van der Waals surface area contributed by atoms with Crippen molar-refractivity contribution in [3.63, 3.8) is 0 Å². The Labute approximate surface area is 186 Å². The zero-order chi connectivity index (χ0) is 22.7.